The third kappa shape index (κ3) is 169. The first kappa shape index (κ1) is 15.7. The van der Waals surface area contributed by atoms with Crippen LogP contribution in [0.2, 0.25) is 0 Å². The van der Waals surface area contributed by atoms with Crippen molar-refractivity contribution in [1.82, 2.24) is 5.32 Å². The van der Waals surface area contributed by atoms with Gasteiger partial charge in [0.2, 0.25) is 0 Å². The summed E-state index contributed by atoms with van der Waals surface area (Å²) in [5.41, 5.74) is 0. The van der Waals surface area contributed by atoms with Gasteiger partial charge in [0.15, 0.2) is 0 Å². The van der Waals surface area contributed by atoms with Crippen molar-refractivity contribution in [3.05, 3.63) is 0 Å². The maximum atomic E-state index is 7.57. The molecule has 0 heterocycles. The minimum Gasteiger partial charge on any atom is -0.397 e. The van der Waals surface area contributed by atoms with E-state index in [0.29, 0.717) is 0 Å². The zero-order valence-corrected chi connectivity index (χ0v) is 8.07. The summed E-state index contributed by atoms with van der Waals surface area (Å²) in [6.45, 7) is 1.93. The molecule has 0 atom stereocenters. The molecule has 0 aliphatic carbocycles. The Morgan fingerprint density at radius 1 is 1.43 bits per heavy atom. The van der Waals surface area contributed by atoms with E-state index >= 15 is 0 Å². The van der Waals surface area contributed by atoms with Gasteiger partial charge < -0.3 is 10.4 Å². The van der Waals surface area contributed by atoms with Gasteiger partial charge in [-0.3, -0.25) is 0 Å². The number of hydrogen-bond donors (Lipinski definition) is 2. The monoisotopic (exact) mass is 180 g/mol. The molecule has 0 amide bonds. The number of aliphatic hydroxyl groups is 1. The molecule has 0 spiro atoms. The molecule has 0 saturated heterocycles. The fraction of sp³-hybridized carbons (Fsp3) is 1.00. The van der Waals surface area contributed by atoms with E-state index in [9.17, 15) is 0 Å². The van der Waals surface area contributed by atoms with Crippen molar-refractivity contribution in [2.24, 2.45) is 0 Å². The average Bonchev–Trinajstić information content (AvgIpc) is 1.39. The Bertz CT molecular complexity index is 13.7. The van der Waals surface area contributed by atoms with E-state index in [1.807, 2.05) is 14.1 Å². The molecule has 1 radical (unpaired) electrons. The minimum absolute atomic E-state index is 0. The summed E-state index contributed by atoms with van der Waals surface area (Å²) >= 11 is 0. The fourth-order valence-corrected chi connectivity index (χ4v) is 0. The van der Waals surface area contributed by atoms with Crippen molar-refractivity contribution in [2.75, 3.05) is 20.7 Å². The maximum absolute atomic E-state index is 7.57. The van der Waals surface area contributed by atoms with Crippen LogP contribution in [0.4, 0.5) is 0 Å². The summed E-state index contributed by atoms with van der Waals surface area (Å²) in [4.78, 5) is 0. The second-order valence-corrected chi connectivity index (χ2v) is 0.816. The molecule has 0 aliphatic heterocycles. The maximum Gasteiger partial charge on any atom is 0.0402 e. The first-order chi connectivity index (χ1) is 2.83. The van der Waals surface area contributed by atoms with Gasteiger partial charge in [-0.1, -0.05) is 0 Å². The Hall–Kier alpha value is 1.02. The SMILES string of the molecule is CCO.CNC.[Y]. The van der Waals surface area contributed by atoms with Gasteiger partial charge in [-0.25, -0.2) is 0 Å². The summed E-state index contributed by atoms with van der Waals surface area (Å²) < 4.78 is 0. The van der Waals surface area contributed by atoms with E-state index in [2.05, 4.69) is 5.32 Å². The van der Waals surface area contributed by atoms with Gasteiger partial charge in [-0.15, -0.1) is 0 Å². The second kappa shape index (κ2) is 27.9. The molecule has 0 saturated carbocycles. The van der Waals surface area contributed by atoms with E-state index in [1.165, 1.54) is 0 Å². The second-order valence-electron chi connectivity index (χ2n) is 0.816. The van der Waals surface area contributed by atoms with Gasteiger partial charge >= 0.3 is 0 Å². The van der Waals surface area contributed by atoms with Gasteiger partial charge in [0, 0.05) is 39.3 Å². The van der Waals surface area contributed by atoms with Gasteiger partial charge in [0.1, 0.15) is 0 Å². The first-order valence-corrected chi connectivity index (χ1v) is 2.02. The Morgan fingerprint density at radius 3 is 1.43 bits per heavy atom. The molecule has 0 aromatic rings. The molecule has 0 fully saturated rings. The Kier molecular flexibility index (Phi) is 62.5. The summed E-state index contributed by atoms with van der Waals surface area (Å²) in [5.74, 6) is 0. The largest absolute Gasteiger partial charge is 0.397 e. The molecule has 2 nitrogen and oxygen atoms in total. The van der Waals surface area contributed by atoms with Crippen molar-refractivity contribution in [2.45, 2.75) is 6.92 Å². The van der Waals surface area contributed by atoms with Crippen LogP contribution < -0.4 is 5.32 Å². The minimum atomic E-state index is 0. The van der Waals surface area contributed by atoms with Crippen LogP contribution in [0.5, 0.6) is 0 Å². The molecule has 0 aromatic carbocycles. The summed E-state index contributed by atoms with van der Waals surface area (Å²) in [7, 11) is 3.75. The summed E-state index contributed by atoms with van der Waals surface area (Å²) in [6, 6.07) is 0. The van der Waals surface area contributed by atoms with Crippen molar-refractivity contribution in [3.8, 4) is 0 Å². The first-order valence-electron chi connectivity index (χ1n) is 2.02. The Balaban J connectivity index is -0.0000000400. The van der Waals surface area contributed by atoms with Gasteiger partial charge in [-0.05, 0) is 21.0 Å². The fourth-order valence-electron chi connectivity index (χ4n) is 0. The third-order valence-electron chi connectivity index (χ3n) is 0. The van der Waals surface area contributed by atoms with E-state index in [4.69, 9.17) is 5.11 Å². The normalized spacial score (nSPS) is 5.14. The van der Waals surface area contributed by atoms with Crippen molar-refractivity contribution >= 4 is 0 Å². The smallest absolute Gasteiger partial charge is 0.0402 e. The Morgan fingerprint density at radius 2 is 1.43 bits per heavy atom. The van der Waals surface area contributed by atoms with E-state index in [1.54, 1.807) is 6.92 Å². The van der Waals surface area contributed by atoms with Crippen LogP contribution in [-0.2, 0) is 32.7 Å². The van der Waals surface area contributed by atoms with E-state index < -0.39 is 0 Å². The molecular weight excluding hydrogens is 167 g/mol. The molecule has 0 aliphatic rings. The summed E-state index contributed by atoms with van der Waals surface area (Å²) in [5, 5.41) is 10.3. The molecule has 7 heavy (non-hydrogen) atoms. The number of hydrogen-bond acceptors (Lipinski definition) is 2. The molecule has 0 rings (SSSR count). The van der Waals surface area contributed by atoms with Crippen molar-refractivity contribution in [3.63, 3.8) is 0 Å². The molecule has 2 N–H and O–H groups in total. The molecule has 0 aromatic heterocycles. The zero-order chi connectivity index (χ0) is 5.41. The zero-order valence-electron chi connectivity index (χ0n) is 5.23. The average molecular weight is 180 g/mol. The predicted octanol–water partition coefficient (Wildman–Crippen LogP) is -0.168. The quantitative estimate of drug-likeness (QED) is 0.542. The Labute approximate surface area is 70.6 Å². The topological polar surface area (TPSA) is 32.3 Å². The van der Waals surface area contributed by atoms with E-state index in [0.717, 1.165) is 0 Å². The third-order valence-corrected chi connectivity index (χ3v) is 0. The van der Waals surface area contributed by atoms with Crippen molar-refractivity contribution < 1.29 is 37.8 Å². The standard InChI is InChI=1S/C2H7N.C2H6O.Y/c1-3-2;1-2-3;/h3H,1-2H3;3H,2H2,1H3;. The summed E-state index contributed by atoms with van der Waals surface area (Å²) in [6.07, 6.45) is 0. The van der Waals surface area contributed by atoms with Crippen LogP contribution in [0.25, 0.3) is 0 Å². The number of nitrogens with one attached hydrogen (secondary N) is 1. The van der Waals surface area contributed by atoms with Gasteiger partial charge in [0.25, 0.3) is 0 Å². The van der Waals surface area contributed by atoms with Gasteiger partial charge in [0.05, 0.1) is 0 Å². The van der Waals surface area contributed by atoms with Crippen LogP contribution in [-0.4, -0.2) is 25.8 Å². The van der Waals surface area contributed by atoms with Crippen LogP contribution >= 0.6 is 0 Å². The molecule has 0 bridgehead atoms. The number of aliphatic hydroxyl groups excluding tert-OH is 1. The van der Waals surface area contributed by atoms with Crippen LogP contribution in [0.15, 0.2) is 0 Å². The van der Waals surface area contributed by atoms with E-state index in [-0.39, 0.29) is 39.3 Å². The molecule has 3 heteroatoms. The van der Waals surface area contributed by atoms with Crippen LogP contribution in [0, 0.1) is 0 Å². The number of rotatable bonds is 0. The van der Waals surface area contributed by atoms with Crippen LogP contribution in [0.3, 0.4) is 0 Å². The van der Waals surface area contributed by atoms with Crippen molar-refractivity contribution in [1.29, 1.82) is 0 Å². The van der Waals surface area contributed by atoms with Gasteiger partial charge in [-0.2, -0.15) is 0 Å². The molecular formula is C4H13NOY. The predicted molar refractivity (Wildman–Crippen MR) is 27.7 cm³/mol. The molecule has 43 valence electrons. The molecule has 0 unspecified atom stereocenters. The van der Waals surface area contributed by atoms with Crippen LogP contribution in [0.1, 0.15) is 6.92 Å².